The molecule has 1 aromatic carbocycles. The van der Waals surface area contributed by atoms with Crippen LogP contribution in [0.25, 0.3) is 16.3 Å². The molecule has 2 aromatic heterocycles. The standard InChI is InChI=1S/C21H25N3OS/c1-13(2)16(5)22-21(25)19-12-17(20-7-6-10-26-20)23-24(19)18-11-14(3)8-9-15(18)4/h6-13,16H,1-5H3,(H,22,25)/t16-/m1/s1. The molecule has 0 aliphatic carbocycles. The molecule has 3 rings (SSSR count). The van der Waals surface area contributed by atoms with Gasteiger partial charge in [-0.05, 0) is 61.4 Å². The third kappa shape index (κ3) is 3.73. The lowest BCUT2D eigenvalue weighted by molar-refractivity contribution is 0.0922. The Labute approximate surface area is 158 Å². The van der Waals surface area contributed by atoms with Crippen LogP contribution in [0, 0.1) is 19.8 Å². The number of nitrogens with one attached hydrogen (secondary N) is 1. The van der Waals surface area contributed by atoms with Crippen LogP contribution in [0.3, 0.4) is 0 Å². The number of thiophene rings is 1. The molecule has 136 valence electrons. The first kappa shape index (κ1) is 18.4. The van der Waals surface area contributed by atoms with E-state index in [-0.39, 0.29) is 11.9 Å². The van der Waals surface area contributed by atoms with Gasteiger partial charge in [-0.15, -0.1) is 11.3 Å². The third-order valence-electron chi connectivity index (χ3n) is 4.67. The third-order valence-corrected chi connectivity index (χ3v) is 5.56. The van der Waals surface area contributed by atoms with Gasteiger partial charge in [-0.25, -0.2) is 4.68 Å². The molecular weight excluding hydrogens is 342 g/mol. The highest BCUT2D eigenvalue weighted by molar-refractivity contribution is 7.13. The summed E-state index contributed by atoms with van der Waals surface area (Å²) in [5.74, 6) is 0.273. The molecule has 1 atom stereocenters. The van der Waals surface area contributed by atoms with Crippen LogP contribution in [0.4, 0.5) is 0 Å². The molecule has 0 saturated heterocycles. The maximum absolute atomic E-state index is 13.0. The lowest BCUT2D eigenvalue weighted by Crippen LogP contribution is -2.37. The molecule has 0 saturated carbocycles. The molecule has 1 N–H and O–H groups in total. The predicted molar refractivity (Wildman–Crippen MR) is 108 cm³/mol. The van der Waals surface area contributed by atoms with E-state index in [0.29, 0.717) is 11.6 Å². The summed E-state index contributed by atoms with van der Waals surface area (Å²) in [5, 5.41) is 9.89. The van der Waals surface area contributed by atoms with Gasteiger partial charge in [0.25, 0.3) is 5.91 Å². The van der Waals surface area contributed by atoms with Crippen LogP contribution >= 0.6 is 11.3 Å². The zero-order valence-corrected chi connectivity index (χ0v) is 16.7. The van der Waals surface area contributed by atoms with Crippen molar-refractivity contribution < 1.29 is 4.79 Å². The van der Waals surface area contributed by atoms with Gasteiger partial charge in [-0.1, -0.05) is 32.0 Å². The number of carbonyl (C=O) groups is 1. The number of benzene rings is 1. The maximum atomic E-state index is 13.0. The van der Waals surface area contributed by atoms with E-state index in [2.05, 4.69) is 37.4 Å². The summed E-state index contributed by atoms with van der Waals surface area (Å²) >= 11 is 1.62. The Morgan fingerprint density at radius 2 is 1.92 bits per heavy atom. The first-order valence-corrected chi connectivity index (χ1v) is 9.77. The topological polar surface area (TPSA) is 46.9 Å². The largest absolute Gasteiger partial charge is 0.348 e. The van der Waals surface area contributed by atoms with E-state index in [4.69, 9.17) is 5.10 Å². The van der Waals surface area contributed by atoms with Crippen LogP contribution in [0.2, 0.25) is 0 Å². The summed E-state index contributed by atoms with van der Waals surface area (Å²) < 4.78 is 1.78. The minimum Gasteiger partial charge on any atom is -0.348 e. The Bertz CT molecular complexity index is 909. The monoisotopic (exact) mass is 367 g/mol. The Kier molecular flexibility index (Phi) is 5.28. The summed E-state index contributed by atoms with van der Waals surface area (Å²) in [4.78, 5) is 14.0. The zero-order chi connectivity index (χ0) is 18.8. The Balaban J connectivity index is 2.09. The van der Waals surface area contributed by atoms with E-state index < -0.39 is 0 Å². The molecule has 26 heavy (non-hydrogen) atoms. The fourth-order valence-corrected chi connectivity index (χ4v) is 3.35. The van der Waals surface area contributed by atoms with Crippen molar-refractivity contribution in [3.63, 3.8) is 0 Å². The smallest absolute Gasteiger partial charge is 0.270 e. The molecule has 0 aliphatic heterocycles. The van der Waals surface area contributed by atoms with Gasteiger partial charge in [0.2, 0.25) is 0 Å². The van der Waals surface area contributed by atoms with Gasteiger partial charge in [-0.2, -0.15) is 5.10 Å². The molecule has 1 amide bonds. The molecule has 0 fully saturated rings. The molecule has 0 spiro atoms. The number of aryl methyl sites for hydroxylation is 2. The molecule has 4 nitrogen and oxygen atoms in total. The van der Waals surface area contributed by atoms with E-state index >= 15 is 0 Å². The van der Waals surface area contributed by atoms with E-state index in [9.17, 15) is 4.79 Å². The van der Waals surface area contributed by atoms with Gasteiger partial charge in [-0.3, -0.25) is 4.79 Å². The molecule has 2 heterocycles. The van der Waals surface area contributed by atoms with Crippen LogP contribution < -0.4 is 5.32 Å². The summed E-state index contributed by atoms with van der Waals surface area (Å²) in [7, 11) is 0. The lowest BCUT2D eigenvalue weighted by Gasteiger charge is -2.18. The van der Waals surface area contributed by atoms with Gasteiger partial charge in [0.05, 0.1) is 10.6 Å². The Hall–Kier alpha value is -2.40. The fraction of sp³-hybridized carbons (Fsp3) is 0.333. The highest BCUT2D eigenvalue weighted by Gasteiger charge is 2.21. The van der Waals surface area contributed by atoms with Gasteiger partial charge < -0.3 is 5.32 Å². The second-order valence-corrected chi connectivity index (χ2v) is 8.05. The lowest BCUT2D eigenvalue weighted by atomic mass is 10.1. The van der Waals surface area contributed by atoms with Crippen molar-refractivity contribution in [2.45, 2.75) is 40.7 Å². The minimum absolute atomic E-state index is 0.0923. The number of nitrogens with zero attached hydrogens (tertiary/aromatic N) is 2. The Morgan fingerprint density at radius 1 is 1.15 bits per heavy atom. The van der Waals surface area contributed by atoms with Crippen molar-refractivity contribution in [2.75, 3.05) is 0 Å². The quantitative estimate of drug-likeness (QED) is 0.690. The zero-order valence-electron chi connectivity index (χ0n) is 15.9. The van der Waals surface area contributed by atoms with Gasteiger partial charge in [0, 0.05) is 6.04 Å². The molecule has 0 aliphatic rings. The minimum atomic E-state index is -0.0950. The van der Waals surface area contributed by atoms with Crippen LogP contribution in [-0.2, 0) is 0 Å². The summed E-state index contributed by atoms with van der Waals surface area (Å²) in [6.07, 6.45) is 0. The first-order chi connectivity index (χ1) is 12.4. The Morgan fingerprint density at radius 3 is 2.58 bits per heavy atom. The SMILES string of the molecule is Cc1ccc(C)c(-n2nc(-c3cccs3)cc2C(=O)N[C@H](C)C(C)C)c1. The van der Waals surface area contributed by atoms with Crippen molar-refractivity contribution >= 4 is 17.2 Å². The second kappa shape index (κ2) is 7.46. The molecule has 0 bridgehead atoms. The molecule has 5 heteroatoms. The highest BCUT2D eigenvalue weighted by Crippen LogP contribution is 2.27. The van der Waals surface area contributed by atoms with Crippen molar-refractivity contribution in [1.82, 2.24) is 15.1 Å². The number of hydrogen-bond acceptors (Lipinski definition) is 3. The van der Waals surface area contributed by atoms with Crippen molar-refractivity contribution in [2.24, 2.45) is 5.92 Å². The molecule has 3 aromatic rings. The van der Waals surface area contributed by atoms with E-state index in [1.807, 2.05) is 44.4 Å². The van der Waals surface area contributed by atoms with Gasteiger partial charge in [0.1, 0.15) is 11.4 Å². The van der Waals surface area contributed by atoms with Crippen molar-refractivity contribution in [1.29, 1.82) is 0 Å². The molecular formula is C21H25N3OS. The summed E-state index contributed by atoms with van der Waals surface area (Å²) in [6, 6.07) is 12.2. The maximum Gasteiger partial charge on any atom is 0.270 e. The first-order valence-electron chi connectivity index (χ1n) is 8.89. The van der Waals surface area contributed by atoms with Crippen LogP contribution in [0.15, 0.2) is 41.8 Å². The average molecular weight is 368 g/mol. The summed E-state index contributed by atoms with van der Waals surface area (Å²) in [6.45, 7) is 10.3. The van der Waals surface area contributed by atoms with Crippen LogP contribution in [0.1, 0.15) is 42.4 Å². The van der Waals surface area contributed by atoms with E-state index in [1.165, 1.54) is 0 Å². The average Bonchev–Trinajstić information content (AvgIpc) is 3.25. The van der Waals surface area contributed by atoms with E-state index in [0.717, 1.165) is 27.4 Å². The number of amides is 1. The number of rotatable bonds is 5. The normalized spacial score (nSPS) is 12.4. The predicted octanol–water partition coefficient (Wildman–Crippen LogP) is 4.99. The van der Waals surface area contributed by atoms with Crippen LogP contribution in [-0.4, -0.2) is 21.7 Å². The number of aromatic nitrogens is 2. The number of hydrogen-bond donors (Lipinski definition) is 1. The molecule has 0 radical (unpaired) electrons. The van der Waals surface area contributed by atoms with Gasteiger partial charge >= 0.3 is 0 Å². The van der Waals surface area contributed by atoms with Crippen molar-refractivity contribution in [3.8, 4) is 16.3 Å². The van der Waals surface area contributed by atoms with E-state index in [1.54, 1.807) is 16.0 Å². The molecule has 0 unspecified atom stereocenters. The van der Waals surface area contributed by atoms with Crippen LogP contribution in [0.5, 0.6) is 0 Å². The fourth-order valence-electron chi connectivity index (χ4n) is 2.67. The second-order valence-electron chi connectivity index (χ2n) is 7.10. The van der Waals surface area contributed by atoms with Gasteiger partial charge in [0.15, 0.2) is 0 Å². The highest BCUT2D eigenvalue weighted by atomic mass is 32.1. The number of carbonyl (C=O) groups excluding carboxylic acids is 1. The van der Waals surface area contributed by atoms with Crippen molar-refractivity contribution in [3.05, 3.63) is 58.6 Å². The summed E-state index contributed by atoms with van der Waals surface area (Å²) in [5.41, 5.74) is 4.55.